The number of benzene rings is 5. The van der Waals surface area contributed by atoms with Crippen molar-refractivity contribution in [3.8, 4) is 34.3 Å². The van der Waals surface area contributed by atoms with Crippen LogP contribution in [-0.4, -0.2) is 23.5 Å². The van der Waals surface area contributed by atoms with E-state index < -0.39 is 0 Å². The van der Waals surface area contributed by atoms with Crippen LogP contribution in [0.5, 0.6) is 11.5 Å². The minimum Gasteiger partial charge on any atom is -0.455 e. The Morgan fingerprint density at radius 3 is 2.09 bits per heavy atom. The van der Waals surface area contributed by atoms with Gasteiger partial charge in [0.1, 0.15) is 17.1 Å². The smallest absolute Gasteiger partial charge is 0.220 e. The third-order valence-electron chi connectivity index (χ3n) is 8.75. The summed E-state index contributed by atoms with van der Waals surface area (Å²) in [7, 11) is 0. The molecule has 0 atom stereocenters. The summed E-state index contributed by atoms with van der Waals surface area (Å²) in [6.45, 7) is 8.99. The summed E-state index contributed by atoms with van der Waals surface area (Å²) in [4.78, 5) is 10.0. The largest absolute Gasteiger partial charge is 0.455 e. The zero-order chi connectivity index (χ0) is 31.4. The van der Waals surface area contributed by atoms with Gasteiger partial charge in [0.2, 0.25) is 5.78 Å². The lowest BCUT2D eigenvalue weighted by Crippen LogP contribution is -2.07. The van der Waals surface area contributed by atoms with Crippen molar-refractivity contribution in [3.63, 3.8) is 0 Å². The molecule has 0 saturated carbocycles. The van der Waals surface area contributed by atoms with Crippen molar-refractivity contribution in [3.05, 3.63) is 139 Å². The van der Waals surface area contributed by atoms with Crippen LogP contribution in [0.4, 0.5) is 0 Å². The number of imidazole rings is 3. The molecule has 0 fully saturated rings. The maximum Gasteiger partial charge on any atom is 0.220 e. The van der Waals surface area contributed by atoms with E-state index in [0.717, 1.165) is 50.7 Å². The van der Waals surface area contributed by atoms with Crippen LogP contribution in [0.1, 0.15) is 50.7 Å². The molecule has 6 heteroatoms. The van der Waals surface area contributed by atoms with Crippen molar-refractivity contribution in [1.82, 2.24) is 23.5 Å². The number of nitrogens with zero attached hydrogens (tertiary/aromatic N) is 5. The van der Waals surface area contributed by atoms with E-state index in [2.05, 4.69) is 132 Å². The molecule has 8 aromatic rings. The van der Waals surface area contributed by atoms with E-state index >= 15 is 0 Å². The number of para-hydroxylation sites is 5. The molecule has 0 unspecified atom stereocenters. The first kappa shape index (κ1) is 27.9. The van der Waals surface area contributed by atoms with Gasteiger partial charge in [0.05, 0.1) is 22.2 Å². The van der Waals surface area contributed by atoms with E-state index in [9.17, 15) is 0 Å². The number of ether oxygens (including phenoxy) is 1. The first-order valence-electron chi connectivity index (χ1n) is 15.9. The van der Waals surface area contributed by atoms with Crippen molar-refractivity contribution >= 4 is 27.8 Å². The molecule has 0 aliphatic carbocycles. The average molecular weight is 602 g/mol. The quantitative estimate of drug-likeness (QED) is 0.183. The molecule has 8 rings (SSSR count). The Morgan fingerprint density at radius 1 is 0.652 bits per heavy atom. The van der Waals surface area contributed by atoms with Crippen LogP contribution in [0.2, 0.25) is 0 Å². The minimum absolute atomic E-state index is 0.375. The van der Waals surface area contributed by atoms with Gasteiger partial charge in [-0.25, -0.2) is 9.97 Å². The molecule has 0 N–H and O–H groups in total. The number of fused-ring (bicyclic) bond motifs is 5. The van der Waals surface area contributed by atoms with Crippen LogP contribution in [-0.2, 0) is 0 Å². The molecule has 3 heterocycles. The molecule has 226 valence electrons. The highest BCUT2D eigenvalue weighted by molar-refractivity contribution is 5.94. The van der Waals surface area contributed by atoms with Crippen molar-refractivity contribution in [2.24, 2.45) is 0 Å². The summed E-state index contributed by atoms with van der Waals surface area (Å²) >= 11 is 0. The molecular formula is C40H35N5O. The third kappa shape index (κ3) is 4.48. The lowest BCUT2D eigenvalue weighted by Gasteiger charge is -2.22. The lowest BCUT2D eigenvalue weighted by molar-refractivity contribution is 0.487. The van der Waals surface area contributed by atoms with Gasteiger partial charge in [-0.15, -0.1) is 0 Å². The molecule has 46 heavy (non-hydrogen) atoms. The van der Waals surface area contributed by atoms with E-state index in [-0.39, 0.29) is 0 Å². The van der Waals surface area contributed by atoms with Crippen LogP contribution in [0.3, 0.4) is 0 Å². The van der Waals surface area contributed by atoms with E-state index in [4.69, 9.17) is 14.7 Å². The number of hydrogen-bond donors (Lipinski definition) is 0. The Labute approximate surface area is 268 Å². The predicted octanol–water partition coefficient (Wildman–Crippen LogP) is 10.3. The fourth-order valence-corrected chi connectivity index (χ4v) is 6.63. The maximum atomic E-state index is 6.63. The van der Waals surface area contributed by atoms with Gasteiger partial charge >= 0.3 is 0 Å². The highest BCUT2D eigenvalue weighted by atomic mass is 16.5. The second-order valence-electron chi connectivity index (χ2n) is 12.4. The van der Waals surface area contributed by atoms with Gasteiger partial charge in [-0.05, 0) is 71.5 Å². The van der Waals surface area contributed by atoms with Crippen LogP contribution in [0.15, 0.2) is 128 Å². The van der Waals surface area contributed by atoms with Gasteiger partial charge in [0.15, 0.2) is 5.75 Å². The van der Waals surface area contributed by atoms with Gasteiger partial charge < -0.3 is 4.74 Å². The molecule has 0 aliphatic heterocycles. The zero-order valence-corrected chi connectivity index (χ0v) is 26.4. The van der Waals surface area contributed by atoms with Gasteiger partial charge in [0.25, 0.3) is 0 Å². The standard InChI is InChI=1S/C40H35N5O/c1-26(2)31-17-11-18-32(27(3)4)38(31)43-24-23-41-39(43)28-13-10-16-30(25-28)46-36-22-12-21-35-37(36)42-40-44(29-14-6-5-7-15-29)33-19-8-9-20-34(33)45(35)40/h5-27H,1-4H3. The van der Waals surface area contributed by atoms with Gasteiger partial charge in [-0.2, -0.15) is 0 Å². The van der Waals surface area contributed by atoms with Crippen LogP contribution >= 0.6 is 0 Å². The molecule has 5 aromatic carbocycles. The van der Waals surface area contributed by atoms with Gasteiger partial charge in [-0.1, -0.05) is 94.4 Å². The van der Waals surface area contributed by atoms with E-state index in [1.54, 1.807) is 0 Å². The molecule has 3 aromatic heterocycles. The summed E-state index contributed by atoms with van der Waals surface area (Å²) in [5.74, 6) is 3.92. The molecule has 0 spiro atoms. The van der Waals surface area contributed by atoms with Gasteiger partial charge in [0, 0.05) is 23.6 Å². The second kappa shape index (κ2) is 11.1. The van der Waals surface area contributed by atoms with E-state index in [0.29, 0.717) is 17.6 Å². The maximum absolute atomic E-state index is 6.63. The summed E-state index contributed by atoms with van der Waals surface area (Å²) in [5, 5.41) is 0. The SMILES string of the molecule is CC(C)c1cccc(C(C)C)c1-n1ccnc1-c1cccc(Oc2cccc3c2nc2n(-c4ccccc4)c4ccccc4n32)c1. The molecule has 0 radical (unpaired) electrons. The van der Waals surface area contributed by atoms with E-state index in [1.165, 1.54) is 16.8 Å². The first-order valence-corrected chi connectivity index (χ1v) is 15.9. The molecule has 0 amide bonds. The van der Waals surface area contributed by atoms with Crippen molar-refractivity contribution in [2.75, 3.05) is 0 Å². The normalized spacial score (nSPS) is 11.9. The Morgan fingerprint density at radius 2 is 1.33 bits per heavy atom. The van der Waals surface area contributed by atoms with Gasteiger partial charge in [-0.3, -0.25) is 13.5 Å². The highest BCUT2D eigenvalue weighted by Crippen LogP contribution is 2.37. The second-order valence-corrected chi connectivity index (χ2v) is 12.4. The topological polar surface area (TPSA) is 49.3 Å². The molecule has 0 bridgehead atoms. The minimum atomic E-state index is 0.375. The van der Waals surface area contributed by atoms with Crippen LogP contribution in [0, 0.1) is 0 Å². The number of aromatic nitrogens is 5. The highest BCUT2D eigenvalue weighted by Gasteiger charge is 2.21. The number of rotatable bonds is 7. The van der Waals surface area contributed by atoms with Crippen LogP contribution < -0.4 is 4.74 Å². The summed E-state index contributed by atoms with van der Waals surface area (Å²) < 4.78 is 13.3. The number of hydrogen-bond acceptors (Lipinski definition) is 3. The van der Waals surface area contributed by atoms with Crippen LogP contribution in [0.25, 0.3) is 50.6 Å². The Kier molecular flexibility index (Phi) is 6.71. The molecule has 6 nitrogen and oxygen atoms in total. The molecule has 0 saturated heterocycles. The van der Waals surface area contributed by atoms with Crippen molar-refractivity contribution < 1.29 is 4.74 Å². The fraction of sp³-hybridized carbons (Fsp3) is 0.150. The Balaban J connectivity index is 1.23. The third-order valence-corrected chi connectivity index (χ3v) is 8.75. The van der Waals surface area contributed by atoms with Crippen molar-refractivity contribution in [2.45, 2.75) is 39.5 Å². The lowest BCUT2D eigenvalue weighted by atomic mass is 9.92. The van der Waals surface area contributed by atoms with Crippen molar-refractivity contribution in [1.29, 1.82) is 0 Å². The Bertz CT molecular complexity index is 2330. The summed E-state index contributed by atoms with van der Waals surface area (Å²) in [5.41, 5.74) is 9.89. The van der Waals surface area contributed by atoms with E-state index in [1.807, 2.05) is 36.5 Å². The first-order chi connectivity index (χ1) is 22.5. The molecule has 0 aliphatic rings. The summed E-state index contributed by atoms with van der Waals surface area (Å²) in [6, 6.07) is 39.8. The Hall–Kier alpha value is -5.62. The fourth-order valence-electron chi connectivity index (χ4n) is 6.63. The average Bonchev–Trinajstić information content (AvgIpc) is 3.79. The summed E-state index contributed by atoms with van der Waals surface area (Å²) in [6.07, 6.45) is 3.95. The molecular weight excluding hydrogens is 566 g/mol. The predicted molar refractivity (Wildman–Crippen MR) is 187 cm³/mol. The monoisotopic (exact) mass is 601 g/mol. The zero-order valence-electron chi connectivity index (χ0n) is 26.4.